The van der Waals surface area contributed by atoms with Gasteiger partial charge in [-0.1, -0.05) is 0 Å². The first-order chi connectivity index (χ1) is 9.65. The van der Waals surface area contributed by atoms with E-state index in [9.17, 15) is 4.79 Å². The lowest BCUT2D eigenvalue weighted by Crippen LogP contribution is -2.34. The van der Waals surface area contributed by atoms with Gasteiger partial charge in [0.25, 0.3) is 0 Å². The number of nitrogens with two attached hydrogens (primary N) is 1. The van der Waals surface area contributed by atoms with Gasteiger partial charge in [0.2, 0.25) is 5.91 Å². The molecule has 1 aromatic carbocycles. The van der Waals surface area contributed by atoms with Gasteiger partial charge in [0.1, 0.15) is 12.1 Å². The molecule has 0 spiro atoms. The zero-order valence-electron chi connectivity index (χ0n) is 11.4. The second-order valence-corrected chi connectivity index (χ2v) is 5.06. The molecule has 3 rings (SSSR count). The molecule has 6 heteroatoms. The third kappa shape index (κ3) is 2.24. The number of nitrogens with zero attached hydrogens (tertiary/aromatic N) is 4. The number of carbonyl (C=O) groups excluding carboxylic acids is 1. The Balaban J connectivity index is 2.05. The SMILES string of the molecule is CN1CCCN(c2ncnc3ccc(N)cc23)CC1=O. The van der Waals surface area contributed by atoms with Gasteiger partial charge >= 0.3 is 0 Å². The maximum absolute atomic E-state index is 12.0. The predicted octanol–water partition coefficient (Wildman–Crippen LogP) is 0.880. The zero-order chi connectivity index (χ0) is 14.1. The van der Waals surface area contributed by atoms with Crippen molar-refractivity contribution in [3.8, 4) is 0 Å². The van der Waals surface area contributed by atoms with Crippen molar-refractivity contribution in [2.75, 3.05) is 37.3 Å². The minimum absolute atomic E-state index is 0.109. The fourth-order valence-electron chi connectivity index (χ4n) is 2.48. The summed E-state index contributed by atoms with van der Waals surface area (Å²) in [6, 6.07) is 5.56. The third-order valence-electron chi connectivity index (χ3n) is 3.61. The van der Waals surface area contributed by atoms with E-state index in [1.165, 1.54) is 6.33 Å². The summed E-state index contributed by atoms with van der Waals surface area (Å²) in [6.45, 7) is 1.93. The van der Waals surface area contributed by atoms with E-state index in [2.05, 4.69) is 9.97 Å². The molecule has 1 amide bonds. The summed E-state index contributed by atoms with van der Waals surface area (Å²) in [5, 5.41) is 0.893. The first-order valence-corrected chi connectivity index (χ1v) is 6.64. The number of anilines is 2. The van der Waals surface area contributed by atoms with Gasteiger partial charge in [-0.25, -0.2) is 9.97 Å². The number of carbonyl (C=O) groups is 1. The van der Waals surface area contributed by atoms with Crippen molar-refractivity contribution in [2.45, 2.75) is 6.42 Å². The highest BCUT2D eigenvalue weighted by molar-refractivity contribution is 5.93. The van der Waals surface area contributed by atoms with Gasteiger partial charge in [0.05, 0.1) is 12.1 Å². The molecule has 2 aromatic rings. The second-order valence-electron chi connectivity index (χ2n) is 5.06. The number of benzene rings is 1. The molecule has 0 bridgehead atoms. The van der Waals surface area contributed by atoms with E-state index in [0.717, 1.165) is 36.2 Å². The van der Waals surface area contributed by atoms with E-state index in [-0.39, 0.29) is 5.91 Å². The normalized spacial score (nSPS) is 16.6. The van der Waals surface area contributed by atoms with Gasteiger partial charge in [-0.3, -0.25) is 4.79 Å². The Labute approximate surface area is 117 Å². The van der Waals surface area contributed by atoms with Crippen LogP contribution in [0, 0.1) is 0 Å². The molecule has 20 heavy (non-hydrogen) atoms. The highest BCUT2D eigenvalue weighted by atomic mass is 16.2. The van der Waals surface area contributed by atoms with E-state index in [0.29, 0.717) is 12.2 Å². The van der Waals surface area contributed by atoms with Crippen molar-refractivity contribution in [2.24, 2.45) is 0 Å². The number of aromatic nitrogens is 2. The smallest absolute Gasteiger partial charge is 0.241 e. The molecule has 1 aliphatic heterocycles. The lowest BCUT2D eigenvalue weighted by molar-refractivity contribution is -0.127. The average molecular weight is 271 g/mol. The minimum Gasteiger partial charge on any atom is -0.399 e. The Morgan fingerprint density at radius 3 is 2.95 bits per heavy atom. The van der Waals surface area contributed by atoms with E-state index in [4.69, 9.17) is 5.73 Å². The van der Waals surface area contributed by atoms with Crippen LogP contribution in [0.5, 0.6) is 0 Å². The highest BCUT2D eigenvalue weighted by Gasteiger charge is 2.21. The number of hydrogen-bond acceptors (Lipinski definition) is 5. The molecule has 0 aliphatic carbocycles. The summed E-state index contributed by atoms with van der Waals surface area (Å²) in [5.41, 5.74) is 7.37. The maximum Gasteiger partial charge on any atom is 0.241 e. The number of likely N-dealkylation sites (N-methyl/N-ethyl adjacent to an activating group) is 1. The van der Waals surface area contributed by atoms with Crippen molar-refractivity contribution < 1.29 is 4.79 Å². The number of fused-ring (bicyclic) bond motifs is 1. The third-order valence-corrected chi connectivity index (χ3v) is 3.61. The van der Waals surface area contributed by atoms with Gasteiger partial charge in [0.15, 0.2) is 0 Å². The van der Waals surface area contributed by atoms with Crippen molar-refractivity contribution in [1.29, 1.82) is 0 Å². The Bertz CT molecular complexity index is 657. The molecule has 2 N–H and O–H groups in total. The molecule has 1 aromatic heterocycles. The summed E-state index contributed by atoms with van der Waals surface area (Å²) in [5.74, 6) is 0.893. The Kier molecular flexibility index (Phi) is 3.14. The lowest BCUT2D eigenvalue weighted by Gasteiger charge is -2.22. The molecule has 1 saturated heterocycles. The van der Waals surface area contributed by atoms with Gasteiger partial charge in [-0.15, -0.1) is 0 Å². The van der Waals surface area contributed by atoms with Crippen LogP contribution in [0.4, 0.5) is 11.5 Å². The predicted molar refractivity (Wildman–Crippen MR) is 78.4 cm³/mol. The van der Waals surface area contributed by atoms with Crippen LogP contribution < -0.4 is 10.6 Å². The van der Waals surface area contributed by atoms with Crippen molar-refractivity contribution in [3.63, 3.8) is 0 Å². The fourth-order valence-corrected chi connectivity index (χ4v) is 2.48. The molecular weight excluding hydrogens is 254 g/mol. The molecule has 0 saturated carbocycles. The molecule has 1 aliphatic rings. The van der Waals surface area contributed by atoms with Crippen molar-refractivity contribution in [1.82, 2.24) is 14.9 Å². The monoisotopic (exact) mass is 271 g/mol. The topological polar surface area (TPSA) is 75.3 Å². The number of rotatable bonds is 1. The largest absolute Gasteiger partial charge is 0.399 e. The Morgan fingerprint density at radius 1 is 1.25 bits per heavy atom. The molecular formula is C14H17N5O. The van der Waals surface area contributed by atoms with E-state index >= 15 is 0 Å². The minimum atomic E-state index is 0.109. The van der Waals surface area contributed by atoms with Gasteiger partial charge in [-0.05, 0) is 24.6 Å². The standard InChI is InChI=1S/C14H17N5O/c1-18-5-2-6-19(8-13(18)20)14-11-7-10(15)3-4-12(11)16-9-17-14/h3-4,7,9H,2,5-6,8,15H2,1H3. The van der Waals surface area contributed by atoms with E-state index < -0.39 is 0 Å². The van der Waals surface area contributed by atoms with Crippen molar-refractivity contribution >= 4 is 28.3 Å². The average Bonchev–Trinajstić information content (AvgIpc) is 2.60. The summed E-state index contributed by atoms with van der Waals surface area (Å²) in [7, 11) is 1.84. The second kappa shape index (κ2) is 4.96. The van der Waals surface area contributed by atoms with Gasteiger partial charge < -0.3 is 15.5 Å². The van der Waals surface area contributed by atoms with E-state index in [1.807, 2.05) is 30.1 Å². The van der Waals surface area contributed by atoms with Crippen molar-refractivity contribution in [3.05, 3.63) is 24.5 Å². The van der Waals surface area contributed by atoms with Crippen LogP contribution >= 0.6 is 0 Å². The van der Waals surface area contributed by atoms with Crippen LogP contribution in [0.3, 0.4) is 0 Å². The van der Waals surface area contributed by atoms with Crippen LogP contribution in [0.15, 0.2) is 24.5 Å². The van der Waals surface area contributed by atoms with Crippen LogP contribution in [-0.4, -0.2) is 47.5 Å². The highest BCUT2D eigenvalue weighted by Crippen LogP contribution is 2.25. The van der Waals surface area contributed by atoms with Crippen LogP contribution in [-0.2, 0) is 4.79 Å². The summed E-state index contributed by atoms with van der Waals surface area (Å²) >= 11 is 0. The number of amides is 1. The van der Waals surface area contributed by atoms with Crippen LogP contribution in [0.1, 0.15) is 6.42 Å². The number of hydrogen-bond donors (Lipinski definition) is 1. The van der Waals surface area contributed by atoms with Gasteiger partial charge in [-0.2, -0.15) is 0 Å². The Morgan fingerprint density at radius 2 is 2.10 bits per heavy atom. The molecule has 1 fully saturated rings. The number of nitrogen functional groups attached to an aromatic ring is 1. The summed E-state index contributed by atoms with van der Waals surface area (Å²) in [6.07, 6.45) is 2.46. The van der Waals surface area contributed by atoms with Crippen LogP contribution in [0.2, 0.25) is 0 Å². The summed E-state index contributed by atoms with van der Waals surface area (Å²) < 4.78 is 0. The molecule has 2 heterocycles. The van der Waals surface area contributed by atoms with Crippen LogP contribution in [0.25, 0.3) is 10.9 Å². The molecule has 0 unspecified atom stereocenters. The molecule has 104 valence electrons. The Hall–Kier alpha value is -2.37. The fraction of sp³-hybridized carbons (Fsp3) is 0.357. The molecule has 0 atom stereocenters. The maximum atomic E-state index is 12.0. The quantitative estimate of drug-likeness (QED) is 0.779. The molecule has 6 nitrogen and oxygen atoms in total. The molecule has 0 radical (unpaired) electrons. The van der Waals surface area contributed by atoms with Gasteiger partial charge in [0, 0.05) is 31.2 Å². The lowest BCUT2D eigenvalue weighted by atomic mass is 10.2. The first kappa shape index (κ1) is 12.7. The zero-order valence-corrected chi connectivity index (χ0v) is 11.4. The summed E-state index contributed by atoms with van der Waals surface area (Å²) in [4.78, 5) is 24.4. The first-order valence-electron chi connectivity index (χ1n) is 6.64. The van der Waals surface area contributed by atoms with E-state index in [1.54, 1.807) is 4.90 Å².